The third kappa shape index (κ3) is 4.16. The van der Waals surface area contributed by atoms with E-state index in [4.69, 9.17) is 32.4 Å². The molecule has 0 spiro atoms. The number of esters is 1. The topological polar surface area (TPSA) is 52.3 Å². The van der Waals surface area contributed by atoms with Crippen LogP contribution in [0.5, 0.6) is 5.75 Å². The number of benzene rings is 2. The number of carbonyl (C=O) groups is 1. The van der Waals surface area contributed by atoms with Gasteiger partial charge in [-0.1, -0.05) is 53.5 Å². The lowest BCUT2D eigenvalue weighted by Gasteiger charge is -2.05. The van der Waals surface area contributed by atoms with Crippen molar-refractivity contribution < 1.29 is 13.9 Å². The lowest BCUT2D eigenvalue weighted by molar-refractivity contribution is -0.134. The minimum Gasteiger partial charge on any atom is -0.441 e. The fraction of sp³-hybridized carbons (Fsp3) is 0.111. The van der Waals surface area contributed by atoms with Gasteiger partial charge in [-0.25, -0.2) is 4.98 Å². The van der Waals surface area contributed by atoms with Crippen molar-refractivity contribution in [3.05, 3.63) is 70.7 Å². The van der Waals surface area contributed by atoms with Crippen LogP contribution in [0, 0.1) is 0 Å². The van der Waals surface area contributed by atoms with Gasteiger partial charge in [-0.15, -0.1) is 0 Å². The summed E-state index contributed by atoms with van der Waals surface area (Å²) in [5, 5.41) is 0.770. The summed E-state index contributed by atoms with van der Waals surface area (Å²) in [5.41, 5.74) is 0.937. The van der Waals surface area contributed by atoms with Gasteiger partial charge in [0.15, 0.2) is 11.7 Å². The van der Waals surface area contributed by atoms with E-state index in [1.807, 2.05) is 30.3 Å². The Hall–Kier alpha value is -2.30. The van der Waals surface area contributed by atoms with E-state index in [2.05, 4.69) is 4.98 Å². The molecular weight excluding hydrogens is 349 g/mol. The molecule has 0 saturated heterocycles. The van der Waals surface area contributed by atoms with Gasteiger partial charge in [0.2, 0.25) is 0 Å². The molecule has 2 aromatic carbocycles. The van der Waals surface area contributed by atoms with Crippen LogP contribution in [0.2, 0.25) is 10.0 Å². The van der Waals surface area contributed by atoms with Gasteiger partial charge in [0.25, 0.3) is 0 Å². The maximum Gasteiger partial charge on any atom is 0.311 e. The lowest BCUT2D eigenvalue weighted by Crippen LogP contribution is -2.09. The van der Waals surface area contributed by atoms with Gasteiger partial charge >= 0.3 is 5.97 Å². The van der Waals surface area contributed by atoms with Crippen LogP contribution < -0.4 is 4.74 Å². The summed E-state index contributed by atoms with van der Waals surface area (Å²) in [6.45, 7) is 0. The molecule has 0 atom stereocenters. The van der Waals surface area contributed by atoms with E-state index >= 15 is 0 Å². The molecule has 0 unspecified atom stereocenters. The maximum atomic E-state index is 11.9. The Morgan fingerprint density at radius 1 is 1.12 bits per heavy atom. The summed E-state index contributed by atoms with van der Waals surface area (Å²) in [6, 6.07) is 14.3. The molecule has 0 fully saturated rings. The average molecular weight is 362 g/mol. The van der Waals surface area contributed by atoms with E-state index < -0.39 is 5.97 Å². The molecule has 6 heteroatoms. The molecule has 1 aromatic heterocycles. The van der Waals surface area contributed by atoms with Crippen LogP contribution in [-0.2, 0) is 11.2 Å². The first kappa shape index (κ1) is 16.6. The second-order valence-electron chi connectivity index (χ2n) is 5.03. The molecule has 0 bridgehead atoms. The Labute approximate surface area is 149 Å². The summed E-state index contributed by atoms with van der Waals surface area (Å²) in [4.78, 5) is 16.1. The SMILES string of the molecule is O=C(CCc1ncc(-c2ccccc2)o1)Oc1ccc(Cl)cc1Cl. The number of aromatic nitrogens is 1. The van der Waals surface area contributed by atoms with E-state index in [0.717, 1.165) is 5.56 Å². The first-order valence-electron chi connectivity index (χ1n) is 7.27. The highest BCUT2D eigenvalue weighted by molar-refractivity contribution is 6.35. The molecule has 0 amide bonds. The quantitative estimate of drug-likeness (QED) is 0.463. The van der Waals surface area contributed by atoms with Gasteiger partial charge in [0.1, 0.15) is 5.75 Å². The van der Waals surface area contributed by atoms with Gasteiger partial charge in [0, 0.05) is 17.0 Å². The molecule has 4 nitrogen and oxygen atoms in total. The number of ether oxygens (including phenoxy) is 1. The van der Waals surface area contributed by atoms with Crippen LogP contribution in [0.1, 0.15) is 12.3 Å². The van der Waals surface area contributed by atoms with Crippen molar-refractivity contribution in [3.8, 4) is 17.1 Å². The van der Waals surface area contributed by atoms with Crippen molar-refractivity contribution >= 4 is 29.2 Å². The molecule has 3 rings (SSSR count). The maximum absolute atomic E-state index is 11.9. The van der Waals surface area contributed by atoms with Crippen LogP contribution in [0.4, 0.5) is 0 Å². The zero-order valence-corrected chi connectivity index (χ0v) is 14.1. The zero-order chi connectivity index (χ0) is 16.9. The number of hydrogen-bond donors (Lipinski definition) is 0. The number of hydrogen-bond acceptors (Lipinski definition) is 4. The average Bonchev–Trinajstić information content (AvgIpc) is 3.05. The van der Waals surface area contributed by atoms with Crippen molar-refractivity contribution in [2.45, 2.75) is 12.8 Å². The Morgan fingerprint density at radius 3 is 2.67 bits per heavy atom. The molecule has 0 aliphatic rings. The number of carbonyl (C=O) groups excluding carboxylic acids is 1. The second kappa shape index (κ2) is 7.51. The minimum absolute atomic E-state index is 0.133. The molecule has 0 aliphatic carbocycles. The second-order valence-corrected chi connectivity index (χ2v) is 5.88. The fourth-order valence-electron chi connectivity index (χ4n) is 2.10. The molecule has 3 aromatic rings. The standard InChI is InChI=1S/C18H13Cl2NO3/c19-13-6-7-15(14(20)10-13)24-18(22)9-8-17-21-11-16(23-17)12-4-2-1-3-5-12/h1-7,10-11H,8-9H2. The van der Waals surface area contributed by atoms with Gasteiger partial charge < -0.3 is 9.15 Å². The molecule has 24 heavy (non-hydrogen) atoms. The Kier molecular flexibility index (Phi) is 5.18. The number of nitrogens with zero attached hydrogens (tertiary/aromatic N) is 1. The highest BCUT2D eigenvalue weighted by atomic mass is 35.5. The summed E-state index contributed by atoms with van der Waals surface area (Å²) in [6.07, 6.45) is 2.12. The summed E-state index contributed by atoms with van der Waals surface area (Å²) >= 11 is 11.8. The monoisotopic (exact) mass is 361 g/mol. The fourth-order valence-corrected chi connectivity index (χ4v) is 2.55. The Balaban J connectivity index is 1.58. The van der Waals surface area contributed by atoms with Crippen LogP contribution >= 0.6 is 23.2 Å². The minimum atomic E-state index is -0.418. The van der Waals surface area contributed by atoms with E-state index in [1.54, 1.807) is 18.3 Å². The molecule has 0 aliphatic heterocycles. The zero-order valence-electron chi connectivity index (χ0n) is 12.5. The highest BCUT2D eigenvalue weighted by Gasteiger charge is 2.12. The van der Waals surface area contributed by atoms with Crippen LogP contribution in [-0.4, -0.2) is 11.0 Å². The van der Waals surface area contributed by atoms with Gasteiger partial charge in [0.05, 0.1) is 17.6 Å². The normalized spacial score (nSPS) is 10.6. The largest absolute Gasteiger partial charge is 0.441 e. The van der Waals surface area contributed by atoms with Crippen molar-refractivity contribution in [1.29, 1.82) is 0 Å². The van der Waals surface area contributed by atoms with Crippen molar-refractivity contribution in [2.24, 2.45) is 0 Å². The molecule has 1 heterocycles. The van der Waals surface area contributed by atoms with E-state index in [-0.39, 0.29) is 12.2 Å². The molecule has 0 N–H and O–H groups in total. The van der Waals surface area contributed by atoms with Crippen LogP contribution in [0.15, 0.2) is 59.1 Å². The van der Waals surface area contributed by atoms with Crippen molar-refractivity contribution in [2.75, 3.05) is 0 Å². The first-order valence-corrected chi connectivity index (χ1v) is 8.03. The number of halogens is 2. The first-order chi connectivity index (χ1) is 11.6. The van der Waals surface area contributed by atoms with Gasteiger partial charge in [-0.3, -0.25) is 4.79 Å². The molecular formula is C18H13Cl2NO3. The Bertz CT molecular complexity index is 846. The van der Waals surface area contributed by atoms with E-state index in [0.29, 0.717) is 28.1 Å². The highest BCUT2D eigenvalue weighted by Crippen LogP contribution is 2.28. The third-order valence-electron chi connectivity index (χ3n) is 3.27. The predicted octanol–water partition coefficient (Wildman–Crippen LogP) is 5.19. The molecule has 0 radical (unpaired) electrons. The molecule has 122 valence electrons. The predicted molar refractivity (Wildman–Crippen MR) is 92.4 cm³/mol. The number of rotatable bonds is 5. The summed E-state index contributed by atoms with van der Waals surface area (Å²) in [7, 11) is 0. The van der Waals surface area contributed by atoms with Crippen LogP contribution in [0.3, 0.4) is 0 Å². The van der Waals surface area contributed by atoms with Crippen molar-refractivity contribution in [1.82, 2.24) is 4.98 Å². The van der Waals surface area contributed by atoms with Gasteiger partial charge in [-0.2, -0.15) is 0 Å². The van der Waals surface area contributed by atoms with Crippen molar-refractivity contribution in [3.63, 3.8) is 0 Å². The Morgan fingerprint density at radius 2 is 1.92 bits per heavy atom. The lowest BCUT2D eigenvalue weighted by atomic mass is 10.2. The van der Waals surface area contributed by atoms with Crippen LogP contribution in [0.25, 0.3) is 11.3 Å². The third-order valence-corrected chi connectivity index (χ3v) is 3.80. The summed E-state index contributed by atoms with van der Waals surface area (Å²) in [5.74, 6) is 1.01. The molecule has 0 saturated carbocycles. The number of oxazole rings is 1. The summed E-state index contributed by atoms with van der Waals surface area (Å²) < 4.78 is 10.9. The smallest absolute Gasteiger partial charge is 0.311 e. The number of aryl methyl sites for hydroxylation is 1. The van der Waals surface area contributed by atoms with E-state index in [1.165, 1.54) is 6.07 Å². The van der Waals surface area contributed by atoms with E-state index in [9.17, 15) is 4.79 Å². The van der Waals surface area contributed by atoms with Gasteiger partial charge in [-0.05, 0) is 18.2 Å².